The van der Waals surface area contributed by atoms with Crippen molar-refractivity contribution in [3.05, 3.63) is 29.8 Å². The Morgan fingerprint density at radius 3 is 2.65 bits per heavy atom. The van der Waals surface area contributed by atoms with E-state index in [4.69, 9.17) is 4.74 Å². The molecule has 1 fully saturated rings. The van der Waals surface area contributed by atoms with Gasteiger partial charge in [0.25, 0.3) is 5.91 Å². The van der Waals surface area contributed by atoms with E-state index in [0.717, 1.165) is 25.7 Å². The molecule has 1 amide bonds. The Kier molecular flexibility index (Phi) is 6.01. The van der Waals surface area contributed by atoms with Crippen LogP contribution in [0.4, 0.5) is 0 Å². The minimum Gasteiger partial charge on any atom is -0.497 e. The molecular formula is C16H24N2O4S. The zero-order valence-corrected chi connectivity index (χ0v) is 14.4. The minimum atomic E-state index is -3.26. The van der Waals surface area contributed by atoms with Crippen molar-refractivity contribution >= 4 is 15.9 Å². The molecule has 1 N–H and O–H groups in total. The van der Waals surface area contributed by atoms with Crippen LogP contribution >= 0.6 is 0 Å². The number of nitrogens with zero attached hydrogens (tertiary/aromatic N) is 1. The molecule has 23 heavy (non-hydrogen) atoms. The van der Waals surface area contributed by atoms with Crippen LogP contribution in [-0.4, -0.2) is 51.1 Å². The third kappa shape index (κ3) is 4.94. The number of benzene rings is 1. The molecule has 2 rings (SSSR count). The fourth-order valence-corrected chi connectivity index (χ4v) is 4.13. The van der Waals surface area contributed by atoms with E-state index in [9.17, 15) is 13.2 Å². The van der Waals surface area contributed by atoms with Crippen molar-refractivity contribution in [2.24, 2.45) is 0 Å². The largest absolute Gasteiger partial charge is 0.497 e. The predicted molar refractivity (Wildman–Crippen MR) is 89.1 cm³/mol. The summed E-state index contributed by atoms with van der Waals surface area (Å²) in [6.45, 7) is 0.596. The van der Waals surface area contributed by atoms with Crippen LogP contribution in [0.1, 0.15) is 36.0 Å². The van der Waals surface area contributed by atoms with Crippen molar-refractivity contribution < 1.29 is 17.9 Å². The Morgan fingerprint density at radius 1 is 1.35 bits per heavy atom. The van der Waals surface area contributed by atoms with E-state index in [0.29, 0.717) is 24.4 Å². The molecule has 1 aromatic rings. The third-order valence-electron chi connectivity index (χ3n) is 4.11. The summed E-state index contributed by atoms with van der Waals surface area (Å²) < 4.78 is 30.5. The highest BCUT2D eigenvalue weighted by Gasteiger charge is 2.28. The van der Waals surface area contributed by atoms with Crippen LogP contribution < -0.4 is 10.1 Å². The van der Waals surface area contributed by atoms with E-state index in [1.807, 2.05) is 0 Å². The normalized spacial score (nSPS) is 15.8. The number of hydrogen-bond donors (Lipinski definition) is 1. The van der Waals surface area contributed by atoms with E-state index in [2.05, 4.69) is 5.32 Å². The van der Waals surface area contributed by atoms with Crippen LogP contribution in [0.25, 0.3) is 0 Å². The first-order valence-electron chi connectivity index (χ1n) is 7.81. The molecule has 128 valence electrons. The fraction of sp³-hybridized carbons (Fsp3) is 0.562. The molecule has 1 saturated carbocycles. The number of nitrogens with one attached hydrogen (secondary N) is 1. The lowest BCUT2D eigenvalue weighted by atomic mass is 10.2. The van der Waals surface area contributed by atoms with Gasteiger partial charge in [0.1, 0.15) is 5.75 Å². The lowest BCUT2D eigenvalue weighted by Crippen LogP contribution is -2.43. The topological polar surface area (TPSA) is 75.7 Å². The van der Waals surface area contributed by atoms with Crippen molar-refractivity contribution in [2.75, 3.05) is 26.5 Å². The molecule has 0 unspecified atom stereocenters. The number of methoxy groups -OCH3 is 1. The van der Waals surface area contributed by atoms with Gasteiger partial charge in [-0.05, 0) is 31.0 Å². The molecule has 0 heterocycles. The van der Waals surface area contributed by atoms with E-state index < -0.39 is 10.0 Å². The molecule has 1 aliphatic carbocycles. The average molecular weight is 340 g/mol. The molecule has 0 radical (unpaired) electrons. The van der Waals surface area contributed by atoms with E-state index in [1.54, 1.807) is 31.4 Å². The Morgan fingerprint density at radius 2 is 2.04 bits per heavy atom. The summed E-state index contributed by atoms with van der Waals surface area (Å²) in [6.07, 6.45) is 5.16. The van der Waals surface area contributed by atoms with Crippen molar-refractivity contribution in [2.45, 2.75) is 31.7 Å². The van der Waals surface area contributed by atoms with Crippen LogP contribution in [0.2, 0.25) is 0 Å². The van der Waals surface area contributed by atoms with Gasteiger partial charge in [0.2, 0.25) is 10.0 Å². The maximum Gasteiger partial charge on any atom is 0.251 e. The van der Waals surface area contributed by atoms with Gasteiger partial charge in [-0.15, -0.1) is 0 Å². The first kappa shape index (κ1) is 17.7. The van der Waals surface area contributed by atoms with Gasteiger partial charge in [-0.3, -0.25) is 4.79 Å². The molecule has 1 aromatic carbocycles. The Balaban J connectivity index is 1.92. The van der Waals surface area contributed by atoms with E-state index in [-0.39, 0.29) is 11.9 Å². The van der Waals surface area contributed by atoms with Gasteiger partial charge in [0.15, 0.2) is 0 Å². The van der Waals surface area contributed by atoms with E-state index in [1.165, 1.54) is 10.6 Å². The maximum atomic E-state index is 12.1. The number of sulfonamides is 1. The Labute approximate surface area is 137 Å². The van der Waals surface area contributed by atoms with Crippen LogP contribution in [0.3, 0.4) is 0 Å². The van der Waals surface area contributed by atoms with Gasteiger partial charge in [0.05, 0.1) is 13.4 Å². The van der Waals surface area contributed by atoms with Gasteiger partial charge < -0.3 is 10.1 Å². The molecule has 0 saturated heterocycles. The second kappa shape index (κ2) is 7.79. The summed E-state index contributed by atoms with van der Waals surface area (Å²) in [5, 5.41) is 2.78. The van der Waals surface area contributed by atoms with Gasteiger partial charge in [-0.25, -0.2) is 8.42 Å². The molecule has 0 aliphatic heterocycles. The van der Waals surface area contributed by atoms with Gasteiger partial charge in [0, 0.05) is 24.7 Å². The minimum absolute atomic E-state index is 0.0683. The summed E-state index contributed by atoms with van der Waals surface area (Å²) >= 11 is 0. The number of rotatable bonds is 7. The van der Waals surface area contributed by atoms with Crippen LogP contribution in [0, 0.1) is 0 Å². The highest BCUT2D eigenvalue weighted by Crippen LogP contribution is 2.24. The number of carbonyl (C=O) groups is 1. The second-order valence-corrected chi connectivity index (χ2v) is 7.73. The SMILES string of the molecule is COc1cccc(C(=O)NCCN(C2CCCC2)S(C)(=O)=O)c1. The maximum absolute atomic E-state index is 12.1. The number of hydrogen-bond acceptors (Lipinski definition) is 4. The van der Waals surface area contributed by atoms with Crippen molar-refractivity contribution in [3.63, 3.8) is 0 Å². The van der Waals surface area contributed by atoms with Crippen molar-refractivity contribution in [1.82, 2.24) is 9.62 Å². The van der Waals surface area contributed by atoms with Crippen LogP contribution in [0.5, 0.6) is 5.75 Å². The Bertz CT molecular complexity index is 639. The third-order valence-corrected chi connectivity index (χ3v) is 5.44. The zero-order valence-electron chi connectivity index (χ0n) is 13.6. The average Bonchev–Trinajstić information content (AvgIpc) is 3.04. The molecule has 0 aromatic heterocycles. The van der Waals surface area contributed by atoms with E-state index >= 15 is 0 Å². The molecule has 7 heteroatoms. The number of ether oxygens (including phenoxy) is 1. The summed E-state index contributed by atoms with van der Waals surface area (Å²) in [4.78, 5) is 12.1. The van der Waals surface area contributed by atoms with Crippen molar-refractivity contribution in [3.8, 4) is 5.75 Å². The summed E-state index contributed by atoms with van der Waals surface area (Å²) in [7, 11) is -1.72. The number of amides is 1. The molecule has 0 bridgehead atoms. The van der Waals surface area contributed by atoms with Gasteiger partial charge >= 0.3 is 0 Å². The highest BCUT2D eigenvalue weighted by molar-refractivity contribution is 7.88. The van der Waals surface area contributed by atoms with Gasteiger partial charge in [-0.1, -0.05) is 18.9 Å². The first-order valence-corrected chi connectivity index (χ1v) is 9.65. The second-order valence-electron chi connectivity index (χ2n) is 5.80. The predicted octanol–water partition coefficient (Wildman–Crippen LogP) is 1.63. The first-order chi connectivity index (χ1) is 10.9. The fourth-order valence-electron chi connectivity index (χ4n) is 2.96. The van der Waals surface area contributed by atoms with Crippen LogP contribution in [0.15, 0.2) is 24.3 Å². The quantitative estimate of drug-likeness (QED) is 0.818. The molecule has 0 spiro atoms. The number of carbonyl (C=O) groups excluding carboxylic acids is 1. The molecular weight excluding hydrogens is 316 g/mol. The monoisotopic (exact) mass is 340 g/mol. The highest BCUT2D eigenvalue weighted by atomic mass is 32.2. The van der Waals surface area contributed by atoms with Crippen molar-refractivity contribution in [1.29, 1.82) is 0 Å². The summed E-state index contributed by atoms with van der Waals surface area (Å²) in [5.41, 5.74) is 0.496. The lowest BCUT2D eigenvalue weighted by Gasteiger charge is -2.26. The zero-order chi connectivity index (χ0) is 16.9. The summed E-state index contributed by atoms with van der Waals surface area (Å²) in [6, 6.07) is 6.93. The molecule has 6 nitrogen and oxygen atoms in total. The Hall–Kier alpha value is -1.60. The summed E-state index contributed by atoms with van der Waals surface area (Å²) in [5.74, 6) is 0.380. The molecule has 0 atom stereocenters. The lowest BCUT2D eigenvalue weighted by molar-refractivity contribution is 0.0950. The van der Waals surface area contributed by atoms with Crippen LogP contribution in [-0.2, 0) is 10.0 Å². The molecule has 1 aliphatic rings. The standard InChI is InChI=1S/C16H24N2O4S/c1-22-15-9-5-6-13(12-15)16(19)17-10-11-18(23(2,20)21)14-7-3-4-8-14/h5-6,9,12,14H,3-4,7-8,10-11H2,1-2H3,(H,17,19). The van der Waals surface area contributed by atoms with Gasteiger partial charge in [-0.2, -0.15) is 4.31 Å². The smallest absolute Gasteiger partial charge is 0.251 e.